The van der Waals surface area contributed by atoms with E-state index in [9.17, 15) is 0 Å². The van der Waals surface area contributed by atoms with E-state index in [0.717, 1.165) is 45.0 Å². The van der Waals surface area contributed by atoms with Gasteiger partial charge in [0.25, 0.3) is 0 Å². The third-order valence-electron chi connectivity index (χ3n) is 6.31. The molecule has 4 rings (SSSR count). The third kappa shape index (κ3) is 11.1. The summed E-state index contributed by atoms with van der Waals surface area (Å²) in [5, 5.41) is 2.96. The van der Waals surface area contributed by atoms with E-state index in [1.54, 1.807) is 32.7 Å². The lowest BCUT2D eigenvalue weighted by Gasteiger charge is -2.23. The smallest absolute Gasteiger partial charge is 0.186 e. The first-order valence-corrected chi connectivity index (χ1v) is 15.0. The second-order valence-electron chi connectivity index (χ2n) is 9.51. The van der Waals surface area contributed by atoms with Crippen LogP contribution in [0.5, 0.6) is 23.0 Å². The largest absolute Gasteiger partial charge is 0.497 e. The molecule has 10 heteroatoms. The number of hydrogen-bond donors (Lipinski definition) is 0. The first kappa shape index (κ1) is 32.1. The molecule has 0 N–H and O–H groups in total. The van der Waals surface area contributed by atoms with Crippen molar-refractivity contribution in [3.63, 3.8) is 0 Å². The SMILES string of the molecule is COCCOc1cccc(CN(Cc2cccc(OC)c2)c2nc(COCCOCCOc3cccc(OC)c3)cs2)c1. The Morgan fingerprint density at radius 2 is 1.19 bits per heavy atom. The highest BCUT2D eigenvalue weighted by molar-refractivity contribution is 7.13. The van der Waals surface area contributed by atoms with Gasteiger partial charge >= 0.3 is 0 Å². The van der Waals surface area contributed by atoms with Crippen LogP contribution in [0.4, 0.5) is 5.13 Å². The van der Waals surface area contributed by atoms with Crippen molar-refractivity contribution in [2.45, 2.75) is 19.7 Å². The zero-order valence-corrected chi connectivity index (χ0v) is 25.8. The fourth-order valence-corrected chi connectivity index (χ4v) is 5.00. The van der Waals surface area contributed by atoms with Crippen LogP contribution >= 0.6 is 11.3 Å². The fraction of sp³-hybridized carbons (Fsp3) is 0.364. The molecular formula is C33H40N2O7S. The lowest BCUT2D eigenvalue weighted by Crippen LogP contribution is -2.22. The molecule has 4 aromatic rings. The summed E-state index contributed by atoms with van der Waals surface area (Å²) in [7, 11) is 4.98. The summed E-state index contributed by atoms with van der Waals surface area (Å²) < 4.78 is 38.8. The van der Waals surface area contributed by atoms with Gasteiger partial charge in [0.15, 0.2) is 5.13 Å². The van der Waals surface area contributed by atoms with Crippen molar-refractivity contribution in [3.8, 4) is 23.0 Å². The molecule has 0 aliphatic rings. The van der Waals surface area contributed by atoms with Gasteiger partial charge in [-0.3, -0.25) is 0 Å². The molecule has 43 heavy (non-hydrogen) atoms. The Kier molecular flexibility index (Phi) is 13.4. The number of thiazole rings is 1. The van der Waals surface area contributed by atoms with Crippen LogP contribution in [0.3, 0.4) is 0 Å². The standard InChI is InChI=1S/C33H40N2O7S/c1-36-13-17-41-31-11-5-8-27(20-31)23-35(22-26-7-4-9-29(19-26)37-2)33-34-28(25-43-33)24-40-15-14-39-16-18-42-32-12-6-10-30(21-32)38-3/h4-12,19-21,25H,13-18,22-24H2,1-3H3. The molecule has 0 bridgehead atoms. The average molecular weight is 609 g/mol. The lowest BCUT2D eigenvalue weighted by atomic mass is 10.1. The zero-order valence-electron chi connectivity index (χ0n) is 25.0. The van der Waals surface area contributed by atoms with Crippen LogP contribution in [-0.2, 0) is 33.9 Å². The number of anilines is 1. The molecule has 0 saturated heterocycles. The molecule has 0 aliphatic heterocycles. The number of nitrogens with zero attached hydrogens (tertiary/aromatic N) is 2. The second kappa shape index (κ2) is 18.0. The first-order chi connectivity index (χ1) is 21.2. The van der Waals surface area contributed by atoms with Crippen LogP contribution in [0.25, 0.3) is 0 Å². The minimum atomic E-state index is 0.413. The number of methoxy groups -OCH3 is 3. The average Bonchev–Trinajstić information content (AvgIpc) is 3.51. The number of benzene rings is 3. The Balaban J connectivity index is 1.28. The second-order valence-corrected chi connectivity index (χ2v) is 10.3. The van der Waals surface area contributed by atoms with E-state index in [2.05, 4.69) is 29.2 Å². The zero-order chi connectivity index (χ0) is 30.1. The molecule has 0 saturated carbocycles. The number of aromatic nitrogens is 1. The van der Waals surface area contributed by atoms with E-state index in [1.807, 2.05) is 53.9 Å². The maximum atomic E-state index is 5.84. The van der Waals surface area contributed by atoms with Crippen molar-refractivity contribution in [1.29, 1.82) is 0 Å². The van der Waals surface area contributed by atoms with Crippen molar-refractivity contribution in [3.05, 3.63) is 95.0 Å². The van der Waals surface area contributed by atoms with E-state index in [4.69, 9.17) is 38.1 Å². The maximum absolute atomic E-state index is 5.84. The molecule has 0 atom stereocenters. The highest BCUT2D eigenvalue weighted by atomic mass is 32.1. The summed E-state index contributed by atoms with van der Waals surface area (Å²) in [6.07, 6.45) is 0. The highest BCUT2D eigenvalue weighted by Crippen LogP contribution is 2.27. The van der Waals surface area contributed by atoms with Crippen LogP contribution in [0, 0.1) is 0 Å². The molecular weight excluding hydrogens is 568 g/mol. The number of hydrogen-bond acceptors (Lipinski definition) is 10. The normalized spacial score (nSPS) is 10.9. The molecule has 230 valence electrons. The Morgan fingerprint density at radius 3 is 1.88 bits per heavy atom. The predicted molar refractivity (Wildman–Crippen MR) is 168 cm³/mol. The Labute approximate surface area is 257 Å². The van der Waals surface area contributed by atoms with Crippen LogP contribution in [0.15, 0.2) is 78.2 Å². The first-order valence-electron chi connectivity index (χ1n) is 14.1. The summed E-state index contributed by atoms with van der Waals surface area (Å²) in [5.41, 5.74) is 3.14. The Hall–Kier alpha value is -3.83. The molecule has 0 unspecified atom stereocenters. The van der Waals surface area contributed by atoms with Crippen LogP contribution in [0.1, 0.15) is 16.8 Å². The quantitative estimate of drug-likeness (QED) is 0.112. The summed E-state index contributed by atoms with van der Waals surface area (Å²) in [6, 6.07) is 23.7. The van der Waals surface area contributed by atoms with Crippen molar-refractivity contribution in [2.75, 3.05) is 65.9 Å². The summed E-state index contributed by atoms with van der Waals surface area (Å²) >= 11 is 1.60. The minimum Gasteiger partial charge on any atom is -0.497 e. The van der Waals surface area contributed by atoms with E-state index < -0.39 is 0 Å². The van der Waals surface area contributed by atoms with Gasteiger partial charge in [-0.1, -0.05) is 30.3 Å². The van der Waals surface area contributed by atoms with Crippen molar-refractivity contribution < 1.29 is 33.2 Å². The molecule has 0 fully saturated rings. The summed E-state index contributed by atoms with van der Waals surface area (Å²) in [4.78, 5) is 7.15. The van der Waals surface area contributed by atoms with Crippen LogP contribution < -0.4 is 23.8 Å². The van der Waals surface area contributed by atoms with E-state index in [0.29, 0.717) is 59.3 Å². The summed E-state index contributed by atoms with van der Waals surface area (Å²) in [5.74, 6) is 3.16. The van der Waals surface area contributed by atoms with Gasteiger partial charge in [-0.15, -0.1) is 11.3 Å². The number of ether oxygens (including phenoxy) is 7. The van der Waals surface area contributed by atoms with Gasteiger partial charge in [-0.25, -0.2) is 4.98 Å². The topological polar surface area (TPSA) is 80.7 Å². The molecule has 0 spiro atoms. The molecule has 0 amide bonds. The van der Waals surface area contributed by atoms with Crippen LogP contribution in [0.2, 0.25) is 0 Å². The fourth-order valence-electron chi connectivity index (χ4n) is 4.19. The molecule has 3 aromatic carbocycles. The monoisotopic (exact) mass is 608 g/mol. The maximum Gasteiger partial charge on any atom is 0.186 e. The van der Waals surface area contributed by atoms with E-state index >= 15 is 0 Å². The highest BCUT2D eigenvalue weighted by Gasteiger charge is 2.14. The van der Waals surface area contributed by atoms with Gasteiger partial charge in [-0.2, -0.15) is 0 Å². The Bertz CT molecular complexity index is 1370. The molecule has 0 radical (unpaired) electrons. The van der Waals surface area contributed by atoms with Gasteiger partial charge in [0.1, 0.15) is 36.2 Å². The van der Waals surface area contributed by atoms with Crippen LogP contribution in [-0.4, -0.2) is 66.0 Å². The molecule has 0 aliphatic carbocycles. The summed E-state index contributed by atoms with van der Waals surface area (Å²) in [6.45, 7) is 4.66. The molecule has 9 nitrogen and oxygen atoms in total. The third-order valence-corrected chi connectivity index (χ3v) is 7.26. The van der Waals surface area contributed by atoms with Gasteiger partial charge < -0.3 is 38.1 Å². The Morgan fingerprint density at radius 1 is 0.628 bits per heavy atom. The van der Waals surface area contributed by atoms with Crippen molar-refractivity contribution in [1.82, 2.24) is 4.98 Å². The van der Waals surface area contributed by atoms with Gasteiger partial charge in [0, 0.05) is 31.6 Å². The number of rotatable bonds is 20. The van der Waals surface area contributed by atoms with E-state index in [-0.39, 0.29) is 0 Å². The van der Waals surface area contributed by atoms with Crippen molar-refractivity contribution in [2.24, 2.45) is 0 Å². The predicted octanol–water partition coefficient (Wildman–Crippen LogP) is 6.00. The molecule has 1 aromatic heterocycles. The van der Waals surface area contributed by atoms with Crippen molar-refractivity contribution >= 4 is 16.5 Å². The van der Waals surface area contributed by atoms with Gasteiger partial charge in [0.05, 0.1) is 52.9 Å². The minimum absolute atomic E-state index is 0.413. The van der Waals surface area contributed by atoms with Gasteiger partial charge in [0.2, 0.25) is 0 Å². The lowest BCUT2D eigenvalue weighted by molar-refractivity contribution is 0.0296. The van der Waals surface area contributed by atoms with E-state index in [1.165, 1.54) is 0 Å². The molecule has 1 heterocycles. The van der Waals surface area contributed by atoms with Gasteiger partial charge in [-0.05, 0) is 47.5 Å².